The zero-order chi connectivity index (χ0) is 38.8. The van der Waals surface area contributed by atoms with Gasteiger partial charge in [0.15, 0.2) is 6.29 Å². The number of hydrogen-bond donors (Lipinski definition) is 6. The Kier molecular flexibility index (Phi) is 33.3. The van der Waals surface area contributed by atoms with Gasteiger partial charge in [0.2, 0.25) is 5.91 Å². The van der Waals surface area contributed by atoms with Crippen molar-refractivity contribution in [3.8, 4) is 0 Å². The van der Waals surface area contributed by atoms with E-state index in [1.54, 1.807) is 0 Å². The molecule has 0 aromatic heterocycles. The highest BCUT2D eigenvalue weighted by molar-refractivity contribution is 5.76. The van der Waals surface area contributed by atoms with Crippen molar-refractivity contribution < 1.29 is 39.8 Å². The van der Waals surface area contributed by atoms with Gasteiger partial charge in [-0.15, -0.1) is 0 Å². The maximum atomic E-state index is 12.9. The van der Waals surface area contributed by atoms with Gasteiger partial charge in [0.25, 0.3) is 0 Å². The first-order chi connectivity index (χ1) is 25.8. The van der Waals surface area contributed by atoms with Crippen LogP contribution in [-0.4, -0.2) is 87.5 Å². The molecule has 1 amide bonds. The summed E-state index contributed by atoms with van der Waals surface area (Å²) in [7, 11) is 0. The Morgan fingerprint density at radius 1 is 0.623 bits per heavy atom. The summed E-state index contributed by atoms with van der Waals surface area (Å²) in [6, 6.07) is -0.718. The lowest BCUT2D eigenvalue weighted by Gasteiger charge is -2.40. The van der Waals surface area contributed by atoms with Crippen molar-refractivity contribution in [1.82, 2.24) is 5.32 Å². The van der Waals surface area contributed by atoms with Crippen molar-refractivity contribution in [2.75, 3.05) is 13.2 Å². The van der Waals surface area contributed by atoms with Crippen LogP contribution < -0.4 is 5.32 Å². The second-order valence-corrected chi connectivity index (χ2v) is 15.8. The fraction of sp³-hybridized carbons (Fsp3) is 0.932. The minimum Gasteiger partial charge on any atom is -0.394 e. The van der Waals surface area contributed by atoms with E-state index >= 15 is 0 Å². The highest BCUT2D eigenvalue weighted by Gasteiger charge is 2.44. The topological polar surface area (TPSA) is 149 Å². The van der Waals surface area contributed by atoms with Crippen LogP contribution in [0, 0.1) is 0 Å². The summed E-state index contributed by atoms with van der Waals surface area (Å²) in [4.78, 5) is 12.9. The normalized spacial score (nSPS) is 21.7. The monoisotopic (exact) mass is 756 g/mol. The molecule has 1 rings (SSSR count). The first-order valence-electron chi connectivity index (χ1n) is 22.4. The van der Waals surface area contributed by atoms with Crippen LogP contribution in [0.25, 0.3) is 0 Å². The van der Waals surface area contributed by atoms with Crippen LogP contribution in [0.1, 0.15) is 206 Å². The third kappa shape index (κ3) is 26.4. The van der Waals surface area contributed by atoms with Gasteiger partial charge in [-0.1, -0.05) is 174 Å². The maximum absolute atomic E-state index is 12.9. The molecule has 0 aromatic rings. The second kappa shape index (κ2) is 35.4. The first kappa shape index (κ1) is 49.9. The minimum absolute atomic E-state index is 0.138. The number of carbonyl (C=O) groups is 1. The van der Waals surface area contributed by atoms with Crippen LogP contribution in [0.15, 0.2) is 12.2 Å². The maximum Gasteiger partial charge on any atom is 0.220 e. The second-order valence-electron chi connectivity index (χ2n) is 15.8. The Labute approximate surface area is 325 Å². The summed E-state index contributed by atoms with van der Waals surface area (Å²) in [6.07, 6.45) is 32.1. The fourth-order valence-electron chi connectivity index (χ4n) is 7.21. The molecule has 6 N–H and O–H groups in total. The van der Waals surface area contributed by atoms with Gasteiger partial charge in [0.05, 0.1) is 25.4 Å². The Morgan fingerprint density at radius 3 is 1.55 bits per heavy atom. The van der Waals surface area contributed by atoms with Gasteiger partial charge < -0.3 is 40.3 Å². The molecule has 1 aliphatic heterocycles. The van der Waals surface area contributed by atoms with Crippen molar-refractivity contribution in [2.24, 2.45) is 0 Å². The van der Waals surface area contributed by atoms with Gasteiger partial charge >= 0.3 is 0 Å². The molecule has 1 aliphatic rings. The Balaban J connectivity index is 2.34. The van der Waals surface area contributed by atoms with Crippen molar-refractivity contribution in [3.63, 3.8) is 0 Å². The summed E-state index contributed by atoms with van der Waals surface area (Å²) < 4.78 is 11.2. The summed E-state index contributed by atoms with van der Waals surface area (Å²) in [5.41, 5.74) is 0. The van der Waals surface area contributed by atoms with Crippen molar-refractivity contribution >= 4 is 5.91 Å². The van der Waals surface area contributed by atoms with Gasteiger partial charge in [-0.3, -0.25) is 4.79 Å². The molecule has 0 bridgehead atoms. The third-order valence-electron chi connectivity index (χ3n) is 10.9. The lowest BCUT2D eigenvalue weighted by molar-refractivity contribution is -0.302. The highest BCUT2D eigenvalue weighted by Crippen LogP contribution is 2.23. The molecule has 9 heteroatoms. The molecule has 9 nitrogen and oxygen atoms in total. The zero-order valence-corrected chi connectivity index (χ0v) is 34.3. The standard InChI is InChI=1S/C44H85NO8/c1-3-5-7-9-11-13-15-17-18-19-20-22-23-25-27-29-31-33-38(47)37(36-52-44-43(51)42(50)41(49)39(35-46)53-44)45-40(48)34-32-30-28-26-24-21-16-14-12-10-8-6-4-2/h14,16,37-39,41-44,46-47,49-51H,3-13,15,17-36H2,1-2H3,(H,45,48)/b16-14-. The van der Waals surface area contributed by atoms with Gasteiger partial charge in [0.1, 0.15) is 24.4 Å². The Hall–Kier alpha value is -1.07. The summed E-state index contributed by atoms with van der Waals surface area (Å²) in [6.45, 7) is 3.81. The van der Waals surface area contributed by atoms with Gasteiger partial charge in [-0.25, -0.2) is 0 Å². The molecule has 1 saturated heterocycles. The molecule has 0 radical (unpaired) electrons. The molecule has 0 spiro atoms. The number of ether oxygens (including phenoxy) is 2. The first-order valence-corrected chi connectivity index (χ1v) is 22.4. The molecule has 0 aromatic carbocycles. The molecular formula is C44H85NO8. The molecular weight excluding hydrogens is 670 g/mol. The number of carbonyl (C=O) groups excluding carboxylic acids is 1. The number of rotatable bonds is 37. The summed E-state index contributed by atoms with van der Waals surface area (Å²) in [5.74, 6) is -0.153. The van der Waals surface area contributed by atoms with Gasteiger partial charge in [-0.2, -0.15) is 0 Å². The lowest BCUT2D eigenvalue weighted by atomic mass is 9.99. The van der Waals surface area contributed by atoms with E-state index in [9.17, 15) is 30.3 Å². The third-order valence-corrected chi connectivity index (χ3v) is 10.9. The molecule has 53 heavy (non-hydrogen) atoms. The van der Waals surface area contributed by atoms with Gasteiger partial charge in [-0.05, 0) is 38.5 Å². The largest absolute Gasteiger partial charge is 0.394 e. The van der Waals surface area contributed by atoms with Crippen molar-refractivity contribution in [2.45, 2.75) is 249 Å². The SMILES string of the molecule is CCCCCC/C=C\CCCCCCCC(=O)NC(COC1OC(CO)C(O)C(O)C1O)C(O)CCCCCCCCCCCCCCCCCCC. The molecule has 1 fully saturated rings. The Morgan fingerprint density at radius 2 is 1.06 bits per heavy atom. The number of hydrogen-bond acceptors (Lipinski definition) is 8. The van der Waals surface area contributed by atoms with Crippen LogP contribution in [0.5, 0.6) is 0 Å². The van der Waals surface area contributed by atoms with Crippen LogP contribution in [0.2, 0.25) is 0 Å². The van der Waals surface area contributed by atoms with E-state index in [4.69, 9.17) is 9.47 Å². The molecule has 314 valence electrons. The summed E-state index contributed by atoms with van der Waals surface area (Å²) in [5, 5.41) is 54.3. The van der Waals surface area contributed by atoms with E-state index in [2.05, 4.69) is 31.3 Å². The minimum atomic E-state index is -1.55. The molecule has 7 atom stereocenters. The zero-order valence-electron chi connectivity index (χ0n) is 34.3. The number of allylic oxidation sites excluding steroid dienone is 2. The van der Waals surface area contributed by atoms with Crippen molar-refractivity contribution in [3.05, 3.63) is 12.2 Å². The number of unbranched alkanes of at least 4 members (excludes halogenated alkanes) is 25. The van der Waals surface area contributed by atoms with Crippen LogP contribution in [0.3, 0.4) is 0 Å². The smallest absolute Gasteiger partial charge is 0.220 e. The van der Waals surface area contributed by atoms with Crippen LogP contribution in [0.4, 0.5) is 0 Å². The van der Waals surface area contributed by atoms with E-state index in [0.29, 0.717) is 12.8 Å². The van der Waals surface area contributed by atoms with E-state index < -0.39 is 49.5 Å². The van der Waals surface area contributed by atoms with Crippen LogP contribution in [-0.2, 0) is 14.3 Å². The molecule has 1 heterocycles. The predicted octanol–water partition coefficient (Wildman–Crippen LogP) is 8.95. The number of aliphatic hydroxyl groups excluding tert-OH is 5. The van der Waals surface area contributed by atoms with Crippen LogP contribution >= 0.6 is 0 Å². The quantitative estimate of drug-likeness (QED) is 0.0272. The van der Waals surface area contributed by atoms with Crippen molar-refractivity contribution in [1.29, 1.82) is 0 Å². The van der Waals surface area contributed by atoms with Gasteiger partial charge in [0, 0.05) is 6.42 Å². The molecule has 7 unspecified atom stereocenters. The Bertz CT molecular complexity index is 842. The average Bonchev–Trinajstić information content (AvgIpc) is 3.16. The average molecular weight is 756 g/mol. The van der Waals surface area contributed by atoms with E-state index in [0.717, 1.165) is 51.4 Å². The fourth-order valence-corrected chi connectivity index (χ4v) is 7.21. The number of amides is 1. The van der Waals surface area contributed by atoms with E-state index in [1.807, 2.05) is 0 Å². The lowest BCUT2D eigenvalue weighted by Crippen LogP contribution is -2.60. The van der Waals surface area contributed by atoms with E-state index in [1.165, 1.54) is 128 Å². The summed E-state index contributed by atoms with van der Waals surface area (Å²) >= 11 is 0. The predicted molar refractivity (Wildman–Crippen MR) is 217 cm³/mol. The molecule has 0 saturated carbocycles. The number of nitrogens with one attached hydrogen (secondary N) is 1. The highest BCUT2D eigenvalue weighted by atomic mass is 16.7. The molecule has 0 aliphatic carbocycles. The van der Waals surface area contributed by atoms with E-state index in [-0.39, 0.29) is 12.5 Å². The number of aliphatic hydroxyl groups is 5.